The summed E-state index contributed by atoms with van der Waals surface area (Å²) in [6.45, 7) is 1.47. The highest BCUT2D eigenvalue weighted by molar-refractivity contribution is 5.96. The van der Waals surface area contributed by atoms with Gasteiger partial charge in [0.15, 0.2) is 5.78 Å². The van der Waals surface area contributed by atoms with Crippen molar-refractivity contribution >= 4 is 23.7 Å². The van der Waals surface area contributed by atoms with Gasteiger partial charge in [-0.25, -0.2) is 10.2 Å². The number of nitrogens with one attached hydrogen (secondary N) is 2. The number of hydrogen-bond acceptors (Lipinski definition) is 4. The van der Waals surface area contributed by atoms with E-state index >= 15 is 0 Å². The van der Waals surface area contributed by atoms with Crippen LogP contribution in [0.1, 0.15) is 23.0 Å². The summed E-state index contributed by atoms with van der Waals surface area (Å²) in [5.41, 5.74) is 3.34. The van der Waals surface area contributed by atoms with Gasteiger partial charge in [-0.3, -0.25) is 4.79 Å². The van der Waals surface area contributed by atoms with Crippen molar-refractivity contribution < 1.29 is 14.0 Å². The number of benzene rings is 1. The lowest BCUT2D eigenvalue weighted by Gasteiger charge is -2.05. The second-order valence-electron chi connectivity index (χ2n) is 3.98. The highest BCUT2D eigenvalue weighted by Gasteiger charge is 2.03. The first-order valence-electron chi connectivity index (χ1n) is 5.90. The van der Waals surface area contributed by atoms with E-state index in [0.717, 1.165) is 0 Å². The molecular formula is C14H13N3O3. The lowest BCUT2D eigenvalue weighted by molar-refractivity contribution is 0.101. The van der Waals surface area contributed by atoms with Gasteiger partial charge in [-0.1, -0.05) is 12.1 Å². The number of carbonyl (C=O) groups is 2. The summed E-state index contributed by atoms with van der Waals surface area (Å²) in [5.74, 6) is 0.466. The van der Waals surface area contributed by atoms with Gasteiger partial charge in [-0.2, -0.15) is 5.10 Å². The van der Waals surface area contributed by atoms with Gasteiger partial charge in [-0.15, -0.1) is 0 Å². The molecule has 0 spiro atoms. The van der Waals surface area contributed by atoms with Crippen molar-refractivity contribution in [2.24, 2.45) is 5.10 Å². The minimum Gasteiger partial charge on any atom is -0.463 e. The first-order chi connectivity index (χ1) is 9.65. The number of amides is 2. The molecule has 1 heterocycles. The molecule has 20 heavy (non-hydrogen) atoms. The molecule has 6 heteroatoms. The molecule has 2 N–H and O–H groups in total. The standard InChI is InChI=1S/C14H13N3O3/c1-10(18)11-4-2-5-12(8-11)16-14(19)17-15-9-13-6-3-7-20-13/h2-9H,1H3,(H2,16,17,19)/b15-9+. The molecule has 0 aliphatic rings. The van der Waals surface area contributed by atoms with E-state index in [-0.39, 0.29) is 5.78 Å². The van der Waals surface area contributed by atoms with E-state index in [1.807, 2.05) is 0 Å². The molecule has 102 valence electrons. The SMILES string of the molecule is CC(=O)c1cccc(NC(=O)N/N=C/c2ccco2)c1. The molecule has 0 atom stereocenters. The first-order valence-corrected chi connectivity index (χ1v) is 5.90. The Kier molecular flexibility index (Phi) is 4.28. The van der Waals surface area contributed by atoms with Gasteiger partial charge in [0.2, 0.25) is 0 Å². The maximum Gasteiger partial charge on any atom is 0.339 e. The Balaban J connectivity index is 1.91. The molecular weight excluding hydrogens is 258 g/mol. The minimum atomic E-state index is -0.506. The Bertz CT molecular complexity index is 633. The van der Waals surface area contributed by atoms with Crippen LogP contribution in [0.2, 0.25) is 0 Å². The van der Waals surface area contributed by atoms with Gasteiger partial charge < -0.3 is 9.73 Å². The Hall–Kier alpha value is -2.89. The molecule has 2 amide bonds. The molecule has 2 aromatic rings. The second kappa shape index (κ2) is 6.33. The maximum atomic E-state index is 11.6. The molecule has 0 saturated heterocycles. The van der Waals surface area contributed by atoms with Crippen LogP contribution in [0, 0.1) is 0 Å². The summed E-state index contributed by atoms with van der Waals surface area (Å²) in [5, 5.41) is 6.29. The van der Waals surface area contributed by atoms with Crippen LogP contribution in [-0.2, 0) is 0 Å². The highest BCUT2D eigenvalue weighted by Crippen LogP contribution is 2.10. The van der Waals surface area contributed by atoms with Crippen LogP contribution in [-0.4, -0.2) is 18.0 Å². The van der Waals surface area contributed by atoms with Gasteiger partial charge in [0, 0.05) is 11.3 Å². The van der Waals surface area contributed by atoms with Crippen molar-refractivity contribution in [3.63, 3.8) is 0 Å². The average Bonchev–Trinajstić information content (AvgIpc) is 2.92. The summed E-state index contributed by atoms with van der Waals surface area (Å²) >= 11 is 0. The molecule has 0 aliphatic carbocycles. The average molecular weight is 271 g/mol. The molecule has 0 fully saturated rings. The van der Waals surface area contributed by atoms with Gasteiger partial charge in [-0.05, 0) is 31.2 Å². The maximum absolute atomic E-state index is 11.6. The molecule has 0 unspecified atom stereocenters. The van der Waals surface area contributed by atoms with Crippen molar-refractivity contribution in [1.29, 1.82) is 0 Å². The van der Waals surface area contributed by atoms with Gasteiger partial charge >= 0.3 is 6.03 Å². The smallest absolute Gasteiger partial charge is 0.339 e. The number of hydrogen-bond donors (Lipinski definition) is 2. The van der Waals surface area contributed by atoms with Crippen molar-refractivity contribution in [1.82, 2.24) is 5.43 Å². The fraction of sp³-hybridized carbons (Fsp3) is 0.0714. The topological polar surface area (TPSA) is 83.7 Å². The zero-order chi connectivity index (χ0) is 14.4. The van der Waals surface area contributed by atoms with Crippen molar-refractivity contribution in [3.05, 3.63) is 54.0 Å². The van der Waals surface area contributed by atoms with E-state index in [1.54, 1.807) is 36.4 Å². The van der Waals surface area contributed by atoms with Crippen LogP contribution in [0.4, 0.5) is 10.5 Å². The van der Waals surface area contributed by atoms with E-state index in [0.29, 0.717) is 17.0 Å². The summed E-state index contributed by atoms with van der Waals surface area (Å²) in [6.07, 6.45) is 2.89. The number of hydrazone groups is 1. The molecule has 0 bridgehead atoms. The summed E-state index contributed by atoms with van der Waals surface area (Å²) in [6, 6.07) is 9.57. The third-order valence-electron chi connectivity index (χ3n) is 2.43. The van der Waals surface area contributed by atoms with Crippen molar-refractivity contribution in [2.45, 2.75) is 6.92 Å². The number of Topliss-reactive ketones (excluding diaryl/α,β-unsaturated/α-hetero) is 1. The summed E-state index contributed by atoms with van der Waals surface area (Å²) in [4.78, 5) is 22.8. The van der Waals surface area contributed by atoms with Gasteiger partial charge in [0.1, 0.15) is 5.76 Å². The third-order valence-corrected chi connectivity index (χ3v) is 2.43. The highest BCUT2D eigenvalue weighted by atomic mass is 16.3. The molecule has 0 saturated carbocycles. The zero-order valence-corrected chi connectivity index (χ0v) is 10.8. The van der Waals surface area contributed by atoms with Crippen LogP contribution in [0.15, 0.2) is 52.2 Å². The van der Waals surface area contributed by atoms with Crippen LogP contribution in [0.25, 0.3) is 0 Å². The molecule has 2 rings (SSSR count). The quantitative estimate of drug-likeness (QED) is 0.509. The van der Waals surface area contributed by atoms with E-state index in [4.69, 9.17) is 4.42 Å². The molecule has 6 nitrogen and oxygen atoms in total. The number of anilines is 1. The number of ketones is 1. The van der Waals surface area contributed by atoms with Crippen LogP contribution >= 0.6 is 0 Å². The van der Waals surface area contributed by atoms with Crippen LogP contribution in [0.3, 0.4) is 0 Å². The van der Waals surface area contributed by atoms with Crippen molar-refractivity contribution in [3.8, 4) is 0 Å². The minimum absolute atomic E-state index is 0.0649. The number of furan rings is 1. The summed E-state index contributed by atoms with van der Waals surface area (Å²) < 4.78 is 5.02. The zero-order valence-electron chi connectivity index (χ0n) is 10.8. The normalized spacial score (nSPS) is 10.4. The Labute approximate surface area is 115 Å². The lowest BCUT2D eigenvalue weighted by Crippen LogP contribution is -2.24. The largest absolute Gasteiger partial charge is 0.463 e. The lowest BCUT2D eigenvalue weighted by atomic mass is 10.1. The fourth-order valence-corrected chi connectivity index (χ4v) is 1.49. The third kappa shape index (κ3) is 3.81. The van der Waals surface area contributed by atoms with Crippen molar-refractivity contribution in [2.75, 3.05) is 5.32 Å². The van der Waals surface area contributed by atoms with Gasteiger partial charge in [0.05, 0.1) is 12.5 Å². The first kappa shape index (κ1) is 13.5. The summed E-state index contributed by atoms with van der Waals surface area (Å²) in [7, 11) is 0. The number of nitrogens with zero attached hydrogens (tertiary/aromatic N) is 1. The number of carbonyl (C=O) groups excluding carboxylic acids is 2. The Morgan fingerprint density at radius 3 is 2.80 bits per heavy atom. The Morgan fingerprint density at radius 1 is 1.25 bits per heavy atom. The predicted molar refractivity (Wildman–Crippen MR) is 74.9 cm³/mol. The van der Waals surface area contributed by atoms with E-state index in [2.05, 4.69) is 15.8 Å². The van der Waals surface area contributed by atoms with Crippen LogP contribution < -0.4 is 10.7 Å². The monoisotopic (exact) mass is 271 g/mol. The Morgan fingerprint density at radius 2 is 2.10 bits per heavy atom. The number of rotatable bonds is 4. The fourth-order valence-electron chi connectivity index (χ4n) is 1.49. The number of urea groups is 1. The molecule has 0 aliphatic heterocycles. The van der Waals surface area contributed by atoms with E-state index < -0.39 is 6.03 Å². The molecule has 0 radical (unpaired) electrons. The molecule has 1 aromatic heterocycles. The second-order valence-corrected chi connectivity index (χ2v) is 3.98. The van der Waals surface area contributed by atoms with Gasteiger partial charge in [0.25, 0.3) is 0 Å². The molecule has 1 aromatic carbocycles. The van der Waals surface area contributed by atoms with Crippen LogP contribution in [0.5, 0.6) is 0 Å². The van der Waals surface area contributed by atoms with E-state index in [9.17, 15) is 9.59 Å². The predicted octanol–water partition coefficient (Wildman–Crippen LogP) is 2.64. The van der Waals surface area contributed by atoms with E-state index in [1.165, 1.54) is 19.4 Å².